The molecule has 2 rings (SSSR count). The first-order chi connectivity index (χ1) is 10.9. The maximum absolute atomic E-state index is 12.3. The number of carbonyl (C=O) groups is 2. The molecule has 1 aliphatic heterocycles. The fraction of sp³-hybridized carbons (Fsp3) is 0.333. The van der Waals surface area contributed by atoms with Gasteiger partial charge in [0.25, 0.3) is 5.78 Å². The minimum Gasteiger partial charge on any atom is -0.410 e. The van der Waals surface area contributed by atoms with Gasteiger partial charge in [-0.1, -0.05) is 11.8 Å². The molecule has 130 valence electrons. The highest BCUT2D eigenvalue weighted by Gasteiger charge is 2.37. The van der Waals surface area contributed by atoms with Crippen LogP contribution in [0, 0.1) is 0 Å². The molecular formula is C15H15F3N2O3S. The summed E-state index contributed by atoms with van der Waals surface area (Å²) in [4.78, 5) is 23.3. The zero-order valence-corrected chi connectivity index (χ0v) is 13.9. The molecule has 0 spiro atoms. The van der Waals surface area contributed by atoms with Gasteiger partial charge in [-0.3, -0.25) is 4.79 Å². The van der Waals surface area contributed by atoms with E-state index in [9.17, 15) is 22.8 Å². The first-order valence-corrected chi connectivity index (χ1v) is 7.67. The number of alkyl halides is 3. The van der Waals surface area contributed by atoms with E-state index in [1.54, 1.807) is 26.8 Å². The van der Waals surface area contributed by atoms with Crippen molar-refractivity contribution in [2.45, 2.75) is 37.4 Å². The van der Waals surface area contributed by atoms with Gasteiger partial charge in [-0.2, -0.15) is 13.2 Å². The predicted octanol–water partition coefficient (Wildman–Crippen LogP) is 4.06. The molecule has 1 heterocycles. The summed E-state index contributed by atoms with van der Waals surface area (Å²) in [5.74, 6) is -1.71. The Bertz CT molecular complexity index is 709. The molecule has 0 fully saturated rings. The first-order valence-electron chi connectivity index (χ1n) is 6.86. The average molecular weight is 360 g/mol. The fourth-order valence-electron chi connectivity index (χ4n) is 1.74. The lowest BCUT2D eigenvalue weighted by Crippen LogP contribution is -2.42. The second-order valence-electron chi connectivity index (χ2n) is 6.02. The number of allylic oxidation sites excluding steroid dienone is 1. The highest BCUT2D eigenvalue weighted by molar-refractivity contribution is 8.03. The molecule has 0 unspecified atom stereocenters. The van der Waals surface area contributed by atoms with Crippen LogP contribution in [0.1, 0.15) is 20.8 Å². The van der Waals surface area contributed by atoms with Crippen molar-refractivity contribution < 1.29 is 27.5 Å². The van der Waals surface area contributed by atoms with Crippen LogP contribution >= 0.6 is 11.8 Å². The summed E-state index contributed by atoms with van der Waals surface area (Å²) in [5, 5.41) is 5.37. The van der Waals surface area contributed by atoms with Crippen LogP contribution in [-0.2, 0) is 4.79 Å². The van der Waals surface area contributed by atoms with Gasteiger partial charge in [0.1, 0.15) is 5.75 Å². The molecule has 1 amide bonds. The molecule has 5 nitrogen and oxygen atoms in total. The summed E-state index contributed by atoms with van der Waals surface area (Å²) in [6, 6.07) is 4.58. The van der Waals surface area contributed by atoms with Gasteiger partial charge in [0.2, 0.25) is 0 Å². The molecule has 0 saturated heterocycles. The van der Waals surface area contributed by atoms with Crippen molar-refractivity contribution in [2.24, 2.45) is 0 Å². The maximum Gasteiger partial charge on any atom is 0.454 e. The number of ether oxygens (including phenoxy) is 1. The fourth-order valence-corrected chi connectivity index (χ4v) is 2.66. The van der Waals surface area contributed by atoms with Gasteiger partial charge >= 0.3 is 12.3 Å². The zero-order chi connectivity index (χ0) is 18.1. The number of carbonyl (C=O) groups excluding carboxylic acids is 2. The molecule has 2 N–H and O–H groups in total. The van der Waals surface area contributed by atoms with Crippen molar-refractivity contribution in [2.75, 3.05) is 5.32 Å². The van der Waals surface area contributed by atoms with Gasteiger partial charge < -0.3 is 15.4 Å². The summed E-state index contributed by atoms with van der Waals surface area (Å²) in [7, 11) is 0. The largest absolute Gasteiger partial charge is 0.454 e. The molecule has 1 aromatic carbocycles. The van der Waals surface area contributed by atoms with Gasteiger partial charge in [-0.15, -0.1) is 0 Å². The first kappa shape index (κ1) is 18.2. The van der Waals surface area contributed by atoms with Crippen molar-refractivity contribution in [3.8, 4) is 5.75 Å². The number of thioether (sulfide) groups is 1. The normalized spacial score (nSPS) is 15.7. The Balaban J connectivity index is 2.08. The topological polar surface area (TPSA) is 67.4 Å². The van der Waals surface area contributed by atoms with Gasteiger partial charge in [0.15, 0.2) is 0 Å². The number of hydrogen-bond acceptors (Lipinski definition) is 5. The lowest BCUT2D eigenvalue weighted by molar-refractivity contribution is -0.165. The molecule has 0 aromatic heterocycles. The predicted molar refractivity (Wildman–Crippen MR) is 84.0 cm³/mol. The second-order valence-corrected chi connectivity index (χ2v) is 7.10. The second kappa shape index (κ2) is 6.39. The summed E-state index contributed by atoms with van der Waals surface area (Å²) < 4.78 is 42.0. The van der Waals surface area contributed by atoms with Gasteiger partial charge in [-0.05, 0) is 32.9 Å². The van der Waals surface area contributed by atoms with Crippen LogP contribution in [0.25, 0.3) is 0 Å². The number of nitrogens with one attached hydrogen (secondary N) is 2. The summed E-state index contributed by atoms with van der Waals surface area (Å²) in [6.45, 7) is 5.39. The Hall–Kier alpha value is -2.16. The number of amides is 1. The molecule has 0 radical (unpaired) electrons. The molecule has 0 aliphatic carbocycles. The molecule has 1 aliphatic rings. The average Bonchev–Trinajstić information content (AvgIpc) is 2.76. The van der Waals surface area contributed by atoms with E-state index in [-0.39, 0.29) is 10.8 Å². The van der Waals surface area contributed by atoms with Crippen molar-refractivity contribution in [3.63, 3.8) is 0 Å². The molecule has 24 heavy (non-hydrogen) atoms. The monoisotopic (exact) mass is 360 g/mol. The minimum absolute atomic E-state index is 0.0589. The van der Waals surface area contributed by atoms with E-state index in [0.717, 1.165) is 11.8 Å². The van der Waals surface area contributed by atoms with Crippen molar-refractivity contribution in [3.05, 3.63) is 29.3 Å². The minimum atomic E-state index is -4.91. The van der Waals surface area contributed by atoms with E-state index in [0.29, 0.717) is 16.7 Å². The molecule has 1 aromatic rings. The standard InChI is InChI=1S/C15H15F3N2O3S/c1-14(2,3)20-13(22)23-8-4-5-10-9(6-8)19-12(24-10)7-11(21)15(16,17)18/h4-7,19H,1-3H3,(H,20,22)/b12-7+. The van der Waals surface area contributed by atoms with Crippen LogP contribution in [-0.4, -0.2) is 23.6 Å². The third-order valence-corrected chi connectivity index (χ3v) is 3.67. The Morgan fingerprint density at radius 3 is 2.50 bits per heavy atom. The quantitative estimate of drug-likeness (QED) is 0.779. The number of halogens is 3. The van der Waals surface area contributed by atoms with E-state index in [1.165, 1.54) is 12.1 Å². The van der Waals surface area contributed by atoms with Gasteiger partial charge in [0, 0.05) is 22.6 Å². The molecular weight excluding hydrogens is 345 g/mol. The van der Waals surface area contributed by atoms with E-state index < -0.39 is 23.6 Å². The van der Waals surface area contributed by atoms with Crippen LogP contribution in [0.15, 0.2) is 34.2 Å². The SMILES string of the molecule is CC(C)(C)NC(=O)Oc1ccc2c(c1)N/C(=C\C(=O)C(F)(F)F)S2. The lowest BCUT2D eigenvalue weighted by Gasteiger charge is -2.19. The number of hydrogen-bond donors (Lipinski definition) is 2. The summed E-state index contributed by atoms with van der Waals surface area (Å²) in [5.41, 5.74) is -0.00208. The van der Waals surface area contributed by atoms with Crippen LogP contribution < -0.4 is 15.4 Å². The highest BCUT2D eigenvalue weighted by Crippen LogP contribution is 2.42. The maximum atomic E-state index is 12.3. The molecule has 0 atom stereocenters. The van der Waals surface area contributed by atoms with Crippen LogP contribution in [0.3, 0.4) is 0 Å². The Labute approximate surface area is 140 Å². The Morgan fingerprint density at radius 1 is 1.25 bits per heavy atom. The van der Waals surface area contributed by atoms with Crippen molar-refractivity contribution in [1.29, 1.82) is 0 Å². The summed E-state index contributed by atoms with van der Waals surface area (Å²) in [6.07, 6.45) is -5.06. The molecule has 0 bridgehead atoms. The highest BCUT2D eigenvalue weighted by atomic mass is 32.2. The number of benzene rings is 1. The smallest absolute Gasteiger partial charge is 0.410 e. The van der Waals surface area contributed by atoms with Gasteiger partial charge in [-0.25, -0.2) is 4.79 Å². The summed E-state index contributed by atoms with van der Waals surface area (Å²) >= 11 is 0.991. The van der Waals surface area contributed by atoms with E-state index in [4.69, 9.17) is 4.74 Å². The molecule has 0 saturated carbocycles. The number of fused-ring (bicyclic) bond motifs is 1. The third-order valence-electron chi connectivity index (χ3n) is 2.66. The molecule has 9 heteroatoms. The van der Waals surface area contributed by atoms with Crippen molar-refractivity contribution >= 4 is 29.3 Å². The van der Waals surface area contributed by atoms with Crippen LogP contribution in [0.5, 0.6) is 5.75 Å². The zero-order valence-electron chi connectivity index (χ0n) is 13.1. The van der Waals surface area contributed by atoms with Crippen LogP contribution in [0.2, 0.25) is 0 Å². The Morgan fingerprint density at radius 2 is 1.92 bits per heavy atom. The number of ketones is 1. The van der Waals surface area contributed by atoms with Crippen LogP contribution in [0.4, 0.5) is 23.7 Å². The lowest BCUT2D eigenvalue weighted by atomic mass is 10.1. The number of anilines is 1. The van der Waals surface area contributed by atoms with E-state index in [1.807, 2.05) is 0 Å². The Kier molecular flexibility index (Phi) is 4.84. The third kappa shape index (κ3) is 4.92. The van der Waals surface area contributed by atoms with Gasteiger partial charge in [0.05, 0.1) is 10.7 Å². The van der Waals surface area contributed by atoms with Crippen molar-refractivity contribution in [1.82, 2.24) is 5.32 Å². The van der Waals surface area contributed by atoms with E-state index >= 15 is 0 Å². The number of rotatable bonds is 2. The van der Waals surface area contributed by atoms with E-state index in [2.05, 4.69) is 10.6 Å².